The summed E-state index contributed by atoms with van der Waals surface area (Å²) in [4.78, 5) is 30.9. The van der Waals surface area contributed by atoms with Crippen LogP contribution >= 0.6 is 39.9 Å². The molecule has 7 heteroatoms. The summed E-state index contributed by atoms with van der Waals surface area (Å²) in [5.41, 5.74) is 3.13. The molecule has 2 heterocycles. The van der Waals surface area contributed by atoms with Crippen molar-refractivity contribution >= 4 is 67.3 Å². The first-order chi connectivity index (χ1) is 14.5. The summed E-state index contributed by atoms with van der Waals surface area (Å²) in [5, 5.41) is 0. The summed E-state index contributed by atoms with van der Waals surface area (Å²) < 4.78 is 1.44. The van der Waals surface area contributed by atoms with E-state index in [4.69, 9.17) is 12.2 Å². The van der Waals surface area contributed by atoms with E-state index >= 15 is 0 Å². The van der Waals surface area contributed by atoms with Crippen molar-refractivity contribution in [3.63, 3.8) is 0 Å². The van der Waals surface area contributed by atoms with Crippen LogP contribution in [-0.2, 0) is 16.1 Å². The van der Waals surface area contributed by atoms with E-state index in [9.17, 15) is 9.59 Å². The predicted molar refractivity (Wildman–Crippen MR) is 128 cm³/mol. The molecule has 4 nitrogen and oxygen atoms in total. The van der Waals surface area contributed by atoms with Gasteiger partial charge in [0.15, 0.2) is 0 Å². The summed E-state index contributed by atoms with van der Waals surface area (Å²) in [7, 11) is 0. The zero-order chi connectivity index (χ0) is 20.8. The van der Waals surface area contributed by atoms with E-state index in [2.05, 4.69) is 15.9 Å². The molecule has 0 aromatic heterocycles. The van der Waals surface area contributed by atoms with Crippen LogP contribution in [0.25, 0.3) is 5.57 Å². The second-order valence-corrected chi connectivity index (χ2v) is 10.3. The average Bonchev–Trinajstić information content (AvgIpc) is 3.41. The SMILES string of the molecule is O=C1/C(=C2\SC(=S)N(C3CCCC3)C2=O)c2cc(Br)ccc2N1Cc1ccccc1. The molecule has 2 fully saturated rings. The molecule has 0 unspecified atom stereocenters. The molecule has 30 heavy (non-hydrogen) atoms. The minimum Gasteiger partial charge on any atom is -0.303 e. The van der Waals surface area contributed by atoms with E-state index in [1.54, 1.807) is 9.80 Å². The van der Waals surface area contributed by atoms with Crippen molar-refractivity contribution < 1.29 is 9.59 Å². The van der Waals surface area contributed by atoms with Crippen LogP contribution in [0.5, 0.6) is 0 Å². The molecule has 0 bridgehead atoms. The van der Waals surface area contributed by atoms with E-state index in [1.165, 1.54) is 11.8 Å². The highest BCUT2D eigenvalue weighted by Gasteiger charge is 2.44. The van der Waals surface area contributed by atoms with Gasteiger partial charge >= 0.3 is 0 Å². The van der Waals surface area contributed by atoms with Gasteiger partial charge in [-0.25, -0.2) is 0 Å². The number of carbonyl (C=O) groups is 2. The van der Waals surface area contributed by atoms with Gasteiger partial charge in [-0.1, -0.05) is 83.1 Å². The standard InChI is InChI=1S/C23H19BrN2O2S2/c24-15-10-11-18-17(12-15)19(21(27)25(18)13-14-6-2-1-3-7-14)20-22(28)26(23(29)30-20)16-8-4-5-9-16/h1-3,6-7,10-12,16H,4-5,8-9,13H2/b20-19-. The molecule has 5 rings (SSSR count). The Bertz CT molecular complexity index is 1090. The Balaban J connectivity index is 1.58. The third-order valence-corrected chi connectivity index (χ3v) is 7.77. The number of carbonyl (C=O) groups excluding carboxylic acids is 2. The van der Waals surface area contributed by atoms with Gasteiger partial charge in [-0.15, -0.1) is 0 Å². The second kappa shape index (κ2) is 7.94. The van der Waals surface area contributed by atoms with E-state index in [0.717, 1.165) is 47.0 Å². The monoisotopic (exact) mass is 498 g/mol. The Morgan fingerprint density at radius 2 is 1.77 bits per heavy atom. The van der Waals surface area contributed by atoms with Gasteiger partial charge in [-0.05, 0) is 36.6 Å². The molecule has 2 aromatic rings. The van der Waals surface area contributed by atoms with Gasteiger partial charge in [0.05, 0.1) is 22.7 Å². The number of nitrogens with zero attached hydrogens (tertiary/aromatic N) is 2. The quantitative estimate of drug-likeness (QED) is 0.413. The first kappa shape index (κ1) is 20.0. The van der Waals surface area contributed by atoms with Crippen LogP contribution in [0.3, 0.4) is 0 Å². The number of anilines is 1. The lowest BCUT2D eigenvalue weighted by Crippen LogP contribution is -2.37. The largest absolute Gasteiger partial charge is 0.303 e. The van der Waals surface area contributed by atoms with E-state index in [1.807, 2.05) is 48.5 Å². The summed E-state index contributed by atoms with van der Waals surface area (Å²) >= 11 is 10.4. The number of rotatable bonds is 3. The molecule has 1 aliphatic carbocycles. The zero-order valence-corrected chi connectivity index (χ0v) is 19.4. The van der Waals surface area contributed by atoms with E-state index < -0.39 is 0 Å². The molecule has 1 saturated carbocycles. The number of hydrogen-bond acceptors (Lipinski definition) is 4. The number of fused-ring (bicyclic) bond motifs is 1. The Hall–Kier alpha value is -1.96. The lowest BCUT2D eigenvalue weighted by atomic mass is 10.1. The fourth-order valence-corrected chi connectivity index (χ4v) is 6.29. The molecule has 152 valence electrons. The summed E-state index contributed by atoms with van der Waals surface area (Å²) in [5.74, 6) is -0.258. The van der Waals surface area contributed by atoms with Gasteiger partial charge in [0, 0.05) is 16.1 Å². The van der Waals surface area contributed by atoms with Crippen LogP contribution in [0, 0.1) is 0 Å². The Labute approximate surface area is 193 Å². The molecule has 2 aromatic carbocycles. The van der Waals surface area contributed by atoms with Crippen LogP contribution in [0.2, 0.25) is 0 Å². The maximum absolute atomic E-state index is 13.6. The van der Waals surface area contributed by atoms with Crippen molar-refractivity contribution in [3.8, 4) is 0 Å². The molecule has 0 radical (unpaired) electrons. The van der Waals surface area contributed by atoms with E-state index in [0.29, 0.717) is 21.3 Å². The minimum atomic E-state index is -0.140. The third kappa shape index (κ3) is 3.33. The fraction of sp³-hybridized carbons (Fsp3) is 0.261. The topological polar surface area (TPSA) is 40.6 Å². The number of hydrogen-bond donors (Lipinski definition) is 0. The number of thioether (sulfide) groups is 1. The van der Waals surface area contributed by atoms with Crippen molar-refractivity contribution in [3.05, 3.63) is 69.0 Å². The average molecular weight is 499 g/mol. The first-order valence-corrected chi connectivity index (χ1v) is 12.0. The summed E-state index contributed by atoms with van der Waals surface area (Å²) in [6.45, 7) is 0.459. The van der Waals surface area contributed by atoms with Crippen LogP contribution in [0.15, 0.2) is 57.9 Å². The molecule has 0 atom stereocenters. The van der Waals surface area contributed by atoms with Crippen LogP contribution in [0.1, 0.15) is 36.8 Å². The number of thiocarbonyl (C=S) groups is 1. The smallest absolute Gasteiger partial charge is 0.267 e. The van der Waals surface area contributed by atoms with Gasteiger partial charge in [0.25, 0.3) is 11.8 Å². The number of amides is 2. The highest BCUT2D eigenvalue weighted by Crippen LogP contribution is 2.47. The highest BCUT2D eigenvalue weighted by atomic mass is 79.9. The van der Waals surface area contributed by atoms with Crippen molar-refractivity contribution in [2.24, 2.45) is 0 Å². The van der Waals surface area contributed by atoms with Crippen molar-refractivity contribution in [2.75, 3.05) is 4.90 Å². The molecule has 0 spiro atoms. The molecular weight excluding hydrogens is 480 g/mol. The van der Waals surface area contributed by atoms with E-state index in [-0.39, 0.29) is 17.9 Å². The maximum Gasteiger partial charge on any atom is 0.267 e. The molecule has 1 saturated heterocycles. The molecule has 3 aliphatic rings. The van der Waals surface area contributed by atoms with Gasteiger partial charge in [0.2, 0.25) is 0 Å². The van der Waals surface area contributed by atoms with Crippen LogP contribution in [0.4, 0.5) is 5.69 Å². The third-order valence-electron chi connectivity index (χ3n) is 5.88. The molecule has 2 aliphatic heterocycles. The van der Waals surface area contributed by atoms with Crippen LogP contribution < -0.4 is 4.90 Å². The van der Waals surface area contributed by atoms with Crippen LogP contribution in [-0.4, -0.2) is 27.1 Å². The fourth-order valence-electron chi connectivity index (χ4n) is 4.45. The van der Waals surface area contributed by atoms with Crippen molar-refractivity contribution in [2.45, 2.75) is 38.3 Å². The summed E-state index contributed by atoms with van der Waals surface area (Å²) in [6.07, 6.45) is 4.19. The molecule has 2 amide bonds. The Kier molecular flexibility index (Phi) is 5.29. The lowest BCUT2D eigenvalue weighted by Gasteiger charge is -2.22. The van der Waals surface area contributed by atoms with Gasteiger partial charge in [-0.2, -0.15) is 0 Å². The summed E-state index contributed by atoms with van der Waals surface area (Å²) in [6, 6.07) is 15.8. The lowest BCUT2D eigenvalue weighted by molar-refractivity contribution is -0.123. The minimum absolute atomic E-state index is 0.118. The predicted octanol–water partition coefficient (Wildman–Crippen LogP) is 5.51. The molecular formula is C23H19BrN2O2S2. The number of benzene rings is 2. The van der Waals surface area contributed by atoms with Crippen molar-refractivity contribution in [1.29, 1.82) is 0 Å². The normalized spacial score (nSPS) is 21.8. The van der Waals surface area contributed by atoms with Gasteiger partial charge in [-0.3, -0.25) is 14.5 Å². The number of halogens is 1. The van der Waals surface area contributed by atoms with Gasteiger partial charge in [0.1, 0.15) is 4.32 Å². The van der Waals surface area contributed by atoms with Gasteiger partial charge < -0.3 is 4.90 Å². The van der Waals surface area contributed by atoms with Crippen molar-refractivity contribution in [1.82, 2.24) is 4.90 Å². The molecule has 0 N–H and O–H groups in total. The maximum atomic E-state index is 13.6. The first-order valence-electron chi connectivity index (χ1n) is 10.00. The highest BCUT2D eigenvalue weighted by molar-refractivity contribution is 9.10. The Morgan fingerprint density at radius 3 is 2.50 bits per heavy atom. The second-order valence-electron chi connectivity index (χ2n) is 7.72. The zero-order valence-electron chi connectivity index (χ0n) is 16.1. The Morgan fingerprint density at radius 1 is 1.03 bits per heavy atom.